The highest BCUT2D eigenvalue weighted by atomic mass is 35.5. The molecule has 0 spiro atoms. The summed E-state index contributed by atoms with van der Waals surface area (Å²) in [4.78, 5) is 0. The van der Waals surface area contributed by atoms with Crippen LogP contribution in [0.25, 0.3) is 0 Å². The predicted octanol–water partition coefficient (Wildman–Crippen LogP) is 4.05. The topological polar surface area (TPSA) is 38.0 Å². The van der Waals surface area contributed by atoms with Gasteiger partial charge in [-0.2, -0.15) is 0 Å². The highest BCUT2D eigenvalue weighted by molar-refractivity contribution is 6.31. The molecule has 1 aromatic carbocycles. The molecule has 1 aromatic rings. The molecule has 0 aliphatic carbocycles. The molecule has 16 heavy (non-hydrogen) atoms. The number of rotatable bonds is 6. The smallest absolute Gasteiger partial charge is 0.143 e. The lowest BCUT2D eigenvalue weighted by Crippen LogP contribution is -2.04. The number of nitrogens with two attached hydrogens (primary N) is 1. The maximum absolute atomic E-state index is 13.0. The van der Waals surface area contributed by atoms with Crippen LogP contribution >= 0.6 is 11.6 Å². The summed E-state index contributed by atoms with van der Waals surface area (Å²) < 4.78 is 13.0. The minimum atomic E-state index is -0.476. The third-order valence-corrected chi connectivity index (χ3v) is 2.73. The van der Waals surface area contributed by atoms with Crippen molar-refractivity contribution in [3.8, 4) is 0 Å². The minimum absolute atomic E-state index is 0.102. The normalized spacial score (nSPS) is 10.4. The molecule has 0 aromatic heterocycles. The van der Waals surface area contributed by atoms with Crippen LogP contribution in [-0.4, -0.2) is 6.54 Å². The molecule has 0 aliphatic rings. The monoisotopic (exact) mass is 244 g/mol. The Balaban J connectivity index is 2.45. The molecule has 0 aliphatic heterocycles. The highest BCUT2D eigenvalue weighted by Gasteiger charge is 2.05. The molecule has 0 saturated carbocycles. The number of nitrogens with one attached hydrogen (secondary N) is 1. The lowest BCUT2D eigenvalue weighted by Gasteiger charge is -2.10. The largest absolute Gasteiger partial charge is 0.397 e. The van der Waals surface area contributed by atoms with Crippen molar-refractivity contribution in [2.75, 3.05) is 17.6 Å². The number of benzene rings is 1. The third kappa shape index (κ3) is 3.89. The van der Waals surface area contributed by atoms with Crippen LogP contribution in [0.3, 0.4) is 0 Å². The fourth-order valence-electron chi connectivity index (χ4n) is 1.49. The second kappa shape index (κ2) is 6.59. The molecule has 0 amide bonds. The molecule has 0 atom stereocenters. The number of anilines is 2. The van der Waals surface area contributed by atoms with E-state index in [1.54, 1.807) is 0 Å². The summed E-state index contributed by atoms with van der Waals surface area (Å²) in [6.07, 6.45) is 4.73. The molecule has 0 saturated heterocycles. The van der Waals surface area contributed by atoms with Crippen molar-refractivity contribution in [3.63, 3.8) is 0 Å². The molecular formula is C12H18ClFN2. The van der Waals surface area contributed by atoms with Gasteiger partial charge in [0.1, 0.15) is 5.82 Å². The zero-order valence-corrected chi connectivity index (χ0v) is 10.3. The summed E-state index contributed by atoms with van der Waals surface area (Å²) in [6, 6.07) is 2.78. The van der Waals surface area contributed by atoms with Crippen LogP contribution in [0.4, 0.5) is 15.8 Å². The Bertz CT molecular complexity index is 342. The fourth-order valence-corrected chi connectivity index (χ4v) is 1.65. The standard InChI is InChI=1S/C12H18ClFN2/c1-2-3-4-5-6-16-12-7-9(13)10(14)8-11(12)15/h7-8,16H,2-6,15H2,1H3. The molecule has 90 valence electrons. The van der Waals surface area contributed by atoms with Gasteiger partial charge in [0, 0.05) is 12.6 Å². The van der Waals surface area contributed by atoms with Crippen molar-refractivity contribution in [2.24, 2.45) is 0 Å². The Morgan fingerprint density at radius 1 is 1.31 bits per heavy atom. The molecule has 4 heteroatoms. The SMILES string of the molecule is CCCCCCNc1cc(Cl)c(F)cc1N. The van der Waals surface area contributed by atoms with E-state index < -0.39 is 5.82 Å². The van der Waals surface area contributed by atoms with Crippen molar-refractivity contribution in [1.82, 2.24) is 0 Å². The molecule has 0 unspecified atom stereocenters. The Hall–Kier alpha value is -0.960. The third-order valence-electron chi connectivity index (χ3n) is 2.44. The van der Waals surface area contributed by atoms with Crippen molar-refractivity contribution in [3.05, 3.63) is 23.0 Å². The second-order valence-corrected chi connectivity index (χ2v) is 4.25. The van der Waals surface area contributed by atoms with Gasteiger partial charge < -0.3 is 11.1 Å². The number of hydrogen-bond donors (Lipinski definition) is 2. The van der Waals surface area contributed by atoms with Crippen molar-refractivity contribution in [1.29, 1.82) is 0 Å². The number of halogens is 2. The van der Waals surface area contributed by atoms with E-state index in [9.17, 15) is 4.39 Å². The van der Waals surface area contributed by atoms with Crippen LogP contribution in [0, 0.1) is 5.82 Å². The molecule has 3 N–H and O–H groups in total. The summed E-state index contributed by atoms with van der Waals surface area (Å²) in [5.74, 6) is -0.476. The minimum Gasteiger partial charge on any atom is -0.397 e. The van der Waals surface area contributed by atoms with Crippen LogP contribution in [0.15, 0.2) is 12.1 Å². The average Bonchev–Trinajstić information content (AvgIpc) is 2.25. The van der Waals surface area contributed by atoms with Crippen molar-refractivity contribution < 1.29 is 4.39 Å². The second-order valence-electron chi connectivity index (χ2n) is 3.84. The number of nitrogen functional groups attached to an aromatic ring is 1. The lowest BCUT2D eigenvalue weighted by molar-refractivity contribution is 0.629. The van der Waals surface area contributed by atoms with Crippen LogP contribution in [0.2, 0.25) is 5.02 Å². The molecule has 0 radical (unpaired) electrons. The van der Waals surface area contributed by atoms with E-state index in [1.807, 2.05) is 0 Å². The van der Waals surface area contributed by atoms with Gasteiger partial charge in [-0.25, -0.2) is 4.39 Å². The molecular weight excluding hydrogens is 227 g/mol. The van der Waals surface area contributed by atoms with Crippen LogP contribution in [0.5, 0.6) is 0 Å². The van der Waals surface area contributed by atoms with Gasteiger partial charge >= 0.3 is 0 Å². The first-order valence-electron chi connectivity index (χ1n) is 5.63. The Labute approximate surface area is 101 Å². The predicted molar refractivity (Wildman–Crippen MR) is 68.5 cm³/mol. The van der Waals surface area contributed by atoms with Gasteiger partial charge in [-0.3, -0.25) is 0 Å². The van der Waals surface area contributed by atoms with E-state index in [4.69, 9.17) is 17.3 Å². The summed E-state index contributed by atoms with van der Waals surface area (Å²) in [5.41, 5.74) is 6.78. The summed E-state index contributed by atoms with van der Waals surface area (Å²) in [6.45, 7) is 3.01. The summed E-state index contributed by atoms with van der Waals surface area (Å²) in [7, 11) is 0. The van der Waals surface area contributed by atoms with Gasteiger partial charge in [0.2, 0.25) is 0 Å². The number of unbranched alkanes of at least 4 members (excludes halogenated alkanes) is 3. The molecule has 2 nitrogen and oxygen atoms in total. The first-order chi connectivity index (χ1) is 7.65. The molecule has 0 fully saturated rings. The van der Waals surface area contributed by atoms with E-state index in [0.29, 0.717) is 11.4 Å². The van der Waals surface area contributed by atoms with Crippen LogP contribution in [-0.2, 0) is 0 Å². The van der Waals surface area contributed by atoms with Crippen LogP contribution < -0.4 is 11.1 Å². The van der Waals surface area contributed by atoms with Gasteiger partial charge in [-0.05, 0) is 12.5 Å². The van der Waals surface area contributed by atoms with E-state index in [-0.39, 0.29) is 5.02 Å². The fraction of sp³-hybridized carbons (Fsp3) is 0.500. The zero-order valence-electron chi connectivity index (χ0n) is 9.52. The average molecular weight is 245 g/mol. The van der Waals surface area contributed by atoms with Crippen molar-refractivity contribution >= 4 is 23.0 Å². The van der Waals surface area contributed by atoms with Gasteiger partial charge in [0.05, 0.1) is 16.4 Å². The summed E-state index contributed by atoms with van der Waals surface area (Å²) >= 11 is 5.68. The zero-order chi connectivity index (χ0) is 12.0. The Morgan fingerprint density at radius 3 is 2.75 bits per heavy atom. The van der Waals surface area contributed by atoms with Gasteiger partial charge in [0.15, 0.2) is 0 Å². The first kappa shape index (κ1) is 13.1. The molecule has 0 bridgehead atoms. The van der Waals surface area contributed by atoms with E-state index >= 15 is 0 Å². The van der Waals surface area contributed by atoms with E-state index in [2.05, 4.69) is 12.2 Å². The highest BCUT2D eigenvalue weighted by Crippen LogP contribution is 2.26. The summed E-state index contributed by atoms with van der Waals surface area (Å²) in [5, 5.41) is 3.27. The quantitative estimate of drug-likeness (QED) is 0.585. The Morgan fingerprint density at radius 2 is 2.06 bits per heavy atom. The number of hydrogen-bond acceptors (Lipinski definition) is 2. The van der Waals surface area contributed by atoms with Crippen LogP contribution in [0.1, 0.15) is 32.6 Å². The van der Waals surface area contributed by atoms with E-state index in [1.165, 1.54) is 31.4 Å². The Kier molecular flexibility index (Phi) is 5.39. The maximum Gasteiger partial charge on any atom is 0.143 e. The van der Waals surface area contributed by atoms with Crippen molar-refractivity contribution in [2.45, 2.75) is 32.6 Å². The lowest BCUT2D eigenvalue weighted by atomic mass is 10.2. The maximum atomic E-state index is 13.0. The first-order valence-corrected chi connectivity index (χ1v) is 6.01. The molecule has 0 heterocycles. The van der Waals surface area contributed by atoms with Gasteiger partial charge in [-0.15, -0.1) is 0 Å². The van der Waals surface area contributed by atoms with Gasteiger partial charge in [0.25, 0.3) is 0 Å². The molecule has 1 rings (SSSR count). The van der Waals surface area contributed by atoms with Gasteiger partial charge in [-0.1, -0.05) is 37.8 Å². The van der Waals surface area contributed by atoms with E-state index in [0.717, 1.165) is 13.0 Å².